The fraction of sp³-hybridized carbons (Fsp3) is 1.00. The summed E-state index contributed by atoms with van der Waals surface area (Å²) >= 11 is 0. The van der Waals surface area contributed by atoms with Gasteiger partial charge in [0.25, 0.3) is 6.43 Å². The van der Waals surface area contributed by atoms with Gasteiger partial charge in [0.1, 0.15) is 5.60 Å². The zero-order valence-electron chi connectivity index (χ0n) is 4.19. The van der Waals surface area contributed by atoms with Crippen LogP contribution in [0.25, 0.3) is 0 Å². The zero-order chi connectivity index (χ0) is 6.20. The predicted octanol–water partition coefficient (Wildman–Crippen LogP) is -0.414. The van der Waals surface area contributed by atoms with E-state index in [-0.39, 0.29) is 13.1 Å². The van der Waals surface area contributed by atoms with Crippen LogP contribution in [0.1, 0.15) is 0 Å². The third kappa shape index (κ3) is 0.695. The molecule has 1 fully saturated rings. The maximum atomic E-state index is 11.6. The monoisotopic (exact) mass is 123 g/mol. The molecule has 0 unspecified atom stereocenters. The van der Waals surface area contributed by atoms with E-state index in [4.69, 9.17) is 5.11 Å². The molecule has 2 N–H and O–H groups in total. The summed E-state index contributed by atoms with van der Waals surface area (Å²) in [5, 5.41) is 11.2. The average Bonchev–Trinajstić information content (AvgIpc) is 1.60. The number of hydrogen-bond acceptors (Lipinski definition) is 2. The third-order valence-corrected chi connectivity index (χ3v) is 1.27. The molecule has 1 heterocycles. The Morgan fingerprint density at radius 3 is 2.00 bits per heavy atom. The van der Waals surface area contributed by atoms with E-state index in [0.29, 0.717) is 0 Å². The van der Waals surface area contributed by atoms with Crippen molar-refractivity contribution in [1.29, 1.82) is 0 Å². The molecular weight excluding hydrogens is 116 g/mol. The van der Waals surface area contributed by atoms with Crippen molar-refractivity contribution in [1.82, 2.24) is 5.32 Å². The molecule has 48 valence electrons. The highest BCUT2D eigenvalue weighted by Crippen LogP contribution is 2.18. The molecule has 0 bridgehead atoms. The van der Waals surface area contributed by atoms with Crippen molar-refractivity contribution in [2.24, 2.45) is 0 Å². The Morgan fingerprint density at radius 1 is 1.50 bits per heavy atom. The van der Waals surface area contributed by atoms with Gasteiger partial charge < -0.3 is 10.4 Å². The Morgan fingerprint density at radius 2 is 2.00 bits per heavy atom. The second-order valence-electron chi connectivity index (χ2n) is 2.01. The van der Waals surface area contributed by atoms with Crippen LogP contribution < -0.4 is 5.32 Å². The maximum Gasteiger partial charge on any atom is 0.269 e. The summed E-state index contributed by atoms with van der Waals surface area (Å²) in [4.78, 5) is 0. The van der Waals surface area contributed by atoms with Crippen LogP contribution in [-0.4, -0.2) is 30.2 Å². The number of nitrogens with one attached hydrogen (secondary N) is 1. The molecule has 0 spiro atoms. The molecule has 0 saturated carbocycles. The fourth-order valence-electron chi connectivity index (χ4n) is 0.535. The lowest BCUT2D eigenvalue weighted by molar-refractivity contribution is -0.125. The van der Waals surface area contributed by atoms with Crippen molar-refractivity contribution in [2.45, 2.75) is 12.0 Å². The van der Waals surface area contributed by atoms with Crippen molar-refractivity contribution < 1.29 is 13.9 Å². The molecule has 2 nitrogen and oxygen atoms in total. The van der Waals surface area contributed by atoms with E-state index < -0.39 is 12.0 Å². The van der Waals surface area contributed by atoms with Crippen molar-refractivity contribution >= 4 is 0 Å². The minimum absolute atomic E-state index is 0.0185. The molecule has 0 amide bonds. The maximum absolute atomic E-state index is 11.6. The predicted molar refractivity (Wildman–Crippen MR) is 23.8 cm³/mol. The van der Waals surface area contributed by atoms with Crippen molar-refractivity contribution in [2.75, 3.05) is 13.1 Å². The van der Waals surface area contributed by atoms with E-state index in [1.165, 1.54) is 0 Å². The van der Waals surface area contributed by atoms with Crippen LogP contribution in [0.5, 0.6) is 0 Å². The first-order chi connectivity index (χ1) is 3.65. The quantitative estimate of drug-likeness (QED) is 0.496. The third-order valence-electron chi connectivity index (χ3n) is 1.27. The highest BCUT2D eigenvalue weighted by Gasteiger charge is 2.43. The summed E-state index contributed by atoms with van der Waals surface area (Å²) in [7, 11) is 0. The lowest BCUT2D eigenvalue weighted by atomic mass is 9.99. The van der Waals surface area contributed by atoms with Gasteiger partial charge >= 0.3 is 0 Å². The summed E-state index contributed by atoms with van der Waals surface area (Å²) in [6.07, 6.45) is -2.61. The molecular formula is C4H7F2NO. The Balaban J connectivity index is 2.41. The summed E-state index contributed by atoms with van der Waals surface area (Å²) in [6, 6.07) is 0. The van der Waals surface area contributed by atoms with Crippen molar-refractivity contribution in [3.8, 4) is 0 Å². The Kier molecular flexibility index (Phi) is 1.21. The van der Waals surface area contributed by atoms with Crippen LogP contribution in [0.3, 0.4) is 0 Å². The van der Waals surface area contributed by atoms with Gasteiger partial charge in [-0.1, -0.05) is 0 Å². The summed E-state index contributed by atoms with van der Waals surface area (Å²) in [5.74, 6) is 0. The first kappa shape index (κ1) is 5.91. The van der Waals surface area contributed by atoms with Gasteiger partial charge in [-0.05, 0) is 0 Å². The number of alkyl halides is 2. The lowest BCUT2D eigenvalue weighted by Gasteiger charge is -2.36. The molecule has 1 saturated heterocycles. The number of β-amino-alcohol motifs (C(OH)–C–C–N with tert-alkyl or cyclic N) is 1. The van der Waals surface area contributed by atoms with Gasteiger partial charge in [0, 0.05) is 13.1 Å². The van der Waals surface area contributed by atoms with Gasteiger partial charge in [0.05, 0.1) is 0 Å². The Bertz CT molecular complexity index is 92.0. The second kappa shape index (κ2) is 1.63. The number of hydrogen-bond donors (Lipinski definition) is 2. The van der Waals surface area contributed by atoms with Crippen LogP contribution >= 0.6 is 0 Å². The summed E-state index contributed by atoms with van der Waals surface area (Å²) in [5.41, 5.74) is -1.72. The standard InChI is InChI=1S/C4H7F2NO/c5-3(6)4(8)1-7-2-4/h3,7-8H,1-2H2. The van der Waals surface area contributed by atoms with Crippen LogP contribution in [0.4, 0.5) is 8.78 Å². The fourth-order valence-corrected chi connectivity index (χ4v) is 0.535. The van der Waals surface area contributed by atoms with Crippen molar-refractivity contribution in [3.05, 3.63) is 0 Å². The molecule has 1 aliphatic heterocycles. The molecule has 1 aliphatic rings. The Labute approximate surface area is 45.5 Å². The molecule has 0 aromatic rings. The molecule has 4 heteroatoms. The highest BCUT2D eigenvalue weighted by molar-refractivity contribution is 4.94. The van der Waals surface area contributed by atoms with Crippen molar-refractivity contribution in [3.63, 3.8) is 0 Å². The molecule has 0 aliphatic carbocycles. The van der Waals surface area contributed by atoms with Crippen LogP contribution in [0, 0.1) is 0 Å². The van der Waals surface area contributed by atoms with Crippen LogP contribution in [-0.2, 0) is 0 Å². The molecule has 0 atom stereocenters. The molecule has 0 radical (unpaired) electrons. The van der Waals surface area contributed by atoms with Gasteiger partial charge in [0.2, 0.25) is 0 Å². The smallest absolute Gasteiger partial charge is 0.269 e. The highest BCUT2D eigenvalue weighted by atomic mass is 19.3. The molecule has 0 aromatic carbocycles. The number of aliphatic hydroxyl groups is 1. The largest absolute Gasteiger partial charge is 0.381 e. The average molecular weight is 123 g/mol. The van der Waals surface area contributed by atoms with Gasteiger partial charge in [-0.15, -0.1) is 0 Å². The van der Waals surface area contributed by atoms with E-state index in [1.807, 2.05) is 0 Å². The second-order valence-corrected chi connectivity index (χ2v) is 2.01. The minimum atomic E-state index is -2.61. The first-order valence-electron chi connectivity index (χ1n) is 2.36. The van der Waals surface area contributed by atoms with E-state index in [1.54, 1.807) is 0 Å². The van der Waals surface area contributed by atoms with Gasteiger partial charge in [-0.2, -0.15) is 0 Å². The Hall–Kier alpha value is -0.220. The number of halogens is 2. The van der Waals surface area contributed by atoms with Crippen LogP contribution in [0.15, 0.2) is 0 Å². The molecule has 1 rings (SSSR count). The topological polar surface area (TPSA) is 32.3 Å². The number of rotatable bonds is 1. The van der Waals surface area contributed by atoms with Gasteiger partial charge in [-0.25, -0.2) is 8.78 Å². The van der Waals surface area contributed by atoms with E-state index in [2.05, 4.69) is 5.32 Å². The molecule has 8 heavy (non-hydrogen) atoms. The molecule has 0 aromatic heterocycles. The SMILES string of the molecule is OC1(C(F)F)CNC1. The first-order valence-corrected chi connectivity index (χ1v) is 2.36. The lowest BCUT2D eigenvalue weighted by Crippen LogP contribution is -2.63. The summed E-state index contributed by atoms with van der Waals surface area (Å²) < 4.78 is 23.1. The van der Waals surface area contributed by atoms with Gasteiger partial charge in [-0.3, -0.25) is 0 Å². The van der Waals surface area contributed by atoms with Gasteiger partial charge in [0.15, 0.2) is 0 Å². The minimum Gasteiger partial charge on any atom is -0.381 e. The normalized spacial score (nSPS) is 25.5. The van der Waals surface area contributed by atoms with E-state index in [9.17, 15) is 8.78 Å². The summed E-state index contributed by atoms with van der Waals surface area (Å²) in [6.45, 7) is 0.0370. The van der Waals surface area contributed by atoms with E-state index >= 15 is 0 Å². The van der Waals surface area contributed by atoms with E-state index in [0.717, 1.165) is 0 Å². The van der Waals surface area contributed by atoms with Crippen LogP contribution in [0.2, 0.25) is 0 Å². The zero-order valence-corrected chi connectivity index (χ0v) is 4.19.